The van der Waals surface area contributed by atoms with Crippen molar-refractivity contribution in [1.29, 1.82) is 0 Å². The molecule has 2 aliphatic rings. The summed E-state index contributed by atoms with van der Waals surface area (Å²) in [5.74, 6) is -0.425. The van der Waals surface area contributed by atoms with E-state index in [2.05, 4.69) is 0 Å². The van der Waals surface area contributed by atoms with Gasteiger partial charge in [-0.15, -0.1) is 0 Å². The summed E-state index contributed by atoms with van der Waals surface area (Å²) in [5, 5.41) is 0. The third kappa shape index (κ3) is 2.77. The molecule has 1 fully saturated rings. The Morgan fingerprint density at radius 3 is 2.55 bits per heavy atom. The minimum Gasteiger partial charge on any atom is -0.469 e. The van der Waals surface area contributed by atoms with E-state index < -0.39 is 10.0 Å². The standard InChI is InChI=1S/C16H21NO4S/c1-21-16(18)13-7-9-17(10-8-13)22(19,20)15-6-5-12-3-2-4-14(12)11-15/h5-6,11,13H,2-4,7-10H2,1H3. The molecule has 1 aliphatic heterocycles. The van der Waals surface area contributed by atoms with Crippen molar-refractivity contribution in [2.75, 3.05) is 20.2 Å². The van der Waals surface area contributed by atoms with Gasteiger partial charge in [-0.05, 0) is 55.4 Å². The molecule has 5 nitrogen and oxygen atoms in total. The topological polar surface area (TPSA) is 63.7 Å². The number of carbonyl (C=O) groups excluding carboxylic acids is 1. The van der Waals surface area contributed by atoms with Gasteiger partial charge in [-0.2, -0.15) is 4.31 Å². The Kier molecular flexibility index (Phi) is 4.23. The summed E-state index contributed by atoms with van der Waals surface area (Å²) in [6.07, 6.45) is 4.15. The third-order valence-corrected chi connectivity index (χ3v) is 6.59. The first kappa shape index (κ1) is 15.5. The second-order valence-corrected chi connectivity index (χ2v) is 7.92. The van der Waals surface area contributed by atoms with Crippen LogP contribution in [0, 0.1) is 5.92 Å². The number of nitrogens with zero attached hydrogens (tertiary/aromatic N) is 1. The van der Waals surface area contributed by atoms with Gasteiger partial charge in [0.05, 0.1) is 17.9 Å². The van der Waals surface area contributed by atoms with Crippen LogP contribution in [0.2, 0.25) is 0 Å². The van der Waals surface area contributed by atoms with Crippen LogP contribution in [-0.4, -0.2) is 38.9 Å². The van der Waals surface area contributed by atoms with Crippen LogP contribution >= 0.6 is 0 Å². The van der Waals surface area contributed by atoms with Gasteiger partial charge in [0.25, 0.3) is 0 Å². The normalized spacial score (nSPS) is 19.9. The smallest absolute Gasteiger partial charge is 0.308 e. The molecular weight excluding hydrogens is 302 g/mol. The summed E-state index contributed by atoms with van der Waals surface area (Å²) >= 11 is 0. The molecule has 120 valence electrons. The molecule has 1 heterocycles. The van der Waals surface area contributed by atoms with E-state index >= 15 is 0 Å². The quantitative estimate of drug-likeness (QED) is 0.795. The van der Waals surface area contributed by atoms with Crippen molar-refractivity contribution in [3.63, 3.8) is 0 Å². The maximum Gasteiger partial charge on any atom is 0.308 e. The van der Waals surface area contributed by atoms with Gasteiger partial charge in [0.15, 0.2) is 0 Å². The third-order valence-electron chi connectivity index (χ3n) is 4.70. The fraction of sp³-hybridized carbons (Fsp3) is 0.562. The molecular formula is C16H21NO4S. The molecule has 0 radical (unpaired) electrons. The van der Waals surface area contributed by atoms with Crippen LogP contribution in [0.15, 0.2) is 23.1 Å². The number of fused-ring (bicyclic) bond motifs is 1. The van der Waals surface area contributed by atoms with Gasteiger partial charge in [-0.3, -0.25) is 4.79 Å². The second kappa shape index (κ2) is 6.01. The molecule has 0 bridgehead atoms. The molecule has 0 spiro atoms. The number of methoxy groups -OCH3 is 1. The van der Waals surface area contributed by atoms with E-state index in [-0.39, 0.29) is 11.9 Å². The Bertz CT molecular complexity index is 675. The molecule has 1 aromatic rings. The number of benzene rings is 1. The lowest BCUT2D eigenvalue weighted by Crippen LogP contribution is -2.40. The summed E-state index contributed by atoms with van der Waals surface area (Å²) < 4.78 is 31.7. The highest BCUT2D eigenvalue weighted by molar-refractivity contribution is 7.89. The molecule has 22 heavy (non-hydrogen) atoms. The highest BCUT2D eigenvalue weighted by Crippen LogP contribution is 2.28. The summed E-state index contributed by atoms with van der Waals surface area (Å²) in [6.45, 7) is 0.748. The highest BCUT2D eigenvalue weighted by Gasteiger charge is 2.32. The van der Waals surface area contributed by atoms with Crippen molar-refractivity contribution in [3.05, 3.63) is 29.3 Å². The van der Waals surface area contributed by atoms with Gasteiger partial charge in [-0.1, -0.05) is 6.07 Å². The van der Waals surface area contributed by atoms with Gasteiger partial charge in [0, 0.05) is 13.1 Å². The molecule has 1 saturated heterocycles. The van der Waals surface area contributed by atoms with E-state index in [0.29, 0.717) is 30.8 Å². The van der Waals surface area contributed by atoms with Gasteiger partial charge in [-0.25, -0.2) is 8.42 Å². The summed E-state index contributed by atoms with van der Waals surface area (Å²) in [6, 6.07) is 5.48. The van der Waals surface area contributed by atoms with Crippen molar-refractivity contribution in [2.45, 2.75) is 37.0 Å². The number of rotatable bonds is 3. The van der Waals surface area contributed by atoms with Crippen LogP contribution < -0.4 is 0 Å². The van der Waals surface area contributed by atoms with E-state index in [9.17, 15) is 13.2 Å². The minimum absolute atomic E-state index is 0.184. The zero-order valence-corrected chi connectivity index (χ0v) is 13.6. The van der Waals surface area contributed by atoms with Crippen LogP contribution in [0.5, 0.6) is 0 Å². The highest BCUT2D eigenvalue weighted by atomic mass is 32.2. The molecule has 6 heteroatoms. The van der Waals surface area contributed by atoms with E-state index in [1.165, 1.54) is 17.0 Å². The molecule has 3 rings (SSSR count). The van der Waals surface area contributed by atoms with Crippen molar-refractivity contribution in [1.82, 2.24) is 4.31 Å². The van der Waals surface area contributed by atoms with Crippen molar-refractivity contribution in [3.8, 4) is 0 Å². The predicted octanol–water partition coefficient (Wildman–Crippen LogP) is 1.75. The van der Waals surface area contributed by atoms with Crippen molar-refractivity contribution < 1.29 is 17.9 Å². The fourth-order valence-corrected chi connectivity index (χ4v) is 4.88. The maximum atomic E-state index is 12.7. The zero-order valence-electron chi connectivity index (χ0n) is 12.7. The van der Waals surface area contributed by atoms with Crippen LogP contribution in [0.3, 0.4) is 0 Å². The summed E-state index contributed by atoms with van der Waals surface area (Å²) in [5.41, 5.74) is 2.42. The number of hydrogen-bond acceptors (Lipinski definition) is 4. The number of carbonyl (C=O) groups is 1. The minimum atomic E-state index is -3.46. The number of piperidine rings is 1. The predicted molar refractivity (Wildman–Crippen MR) is 82.0 cm³/mol. The molecule has 0 atom stereocenters. The molecule has 0 unspecified atom stereocenters. The SMILES string of the molecule is COC(=O)C1CCN(S(=O)(=O)c2ccc3c(c2)CCC3)CC1. The van der Waals surface area contributed by atoms with Crippen molar-refractivity contribution >= 4 is 16.0 Å². The Balaban J connectivity index is 1.75. The van der Waals surface area contributed by atoms with Gasteiger partial charge in [0.1, 0.15) is 0 Å². The number of aryl methyl sites for hydroxylation is 2. The Labute approximate surface area is 131 Å². The van der Waals surface area contributed by atoms with Crippen LogP contribution in [0.1, 0.15) is 30.4 Å². The average Bonchev–Trinajstić information content (AvgIpc) is 3.01. The molecule has 0 N–H and O–H groups in total. The van der Waals surface area contributed by atoms with Crippen molar-refractivity contribution in [2.24, 2.45) is 5.92 Å². The van der Waals surface area contributed by atoms with Gasteiger partial charge < -0.3 is 4.74 Å². The first-order valence-corrected chi connectivity index (χ1v) is 9.16. The number of ether oxygens (including phenoxy) is 1. The van der Waals surface area contributed by atoms with Crippen LogP contribution in [-0.2, 0) is 32.4 Å². The zero-order chi connectivity index (χ0) is 15.7. The number of hydrogen-bond donors (Lipinski definition) is 0. The van der Waals surface area contributed by atoms with E-state index in [4.69, 9.17) is 4.74 Å². The lowest BCUT2D eigenvalue weighted by atomic mass is 9.99. The maximum absolute atomic E-state index is 12.7. The van der Waals surface area contributed by atoms with Gasteiger partial charge in [0.2, 0.25) is 10.0 Å². The van der Waals surface area contributed by atoms with E-state index in [1.807, 2.05) is 12.1 Å². The number of esters is 1. The summed E-state index contributed by atoms with van der Waals surface area (Å²) in [4.78, 5) is 11.9. The monoisotopic (exact) mass is 323 g/mol. The fourth-order valence-electron chi connectivity index (χ4n) is 3.36. The van der Waals surface area contributed by atoms with E-state index in [1.54, 1.807) is 6.07 Å². The first-order valence-electron chi connectivity index (χ1n) is 7.72. The number of sulfonamides is 1. The molecule has 0 aromatic heterocycles. The Morgan fingerprint density at radius 1 is 1.18 bits per heavy atom. The molecule has 0 amide bonds. The van der Waals surface area contributed by atoms with Crippen LogP contribution in [0.25, 0.3) is 0 Å². The largest absolute Gasteiger partial charge is 0.469 e. The van der Waals surface area contributed by atoms with Crippen LogP contribution in [0.4, 0.5) is 0 Å². The molecule has 1 aliphatic carbocycles. The molecule has 0 saturated carbocycles. The lowest BCUT2D eigenvalue weighted by Gasteiger charge is -2.30. The Hall–Kier alpha value is -1.40. The average molecular weight is 323 g/mol. The Morgan fingerprint density at radius 2 is 1.86 bits per heavy atom. The van der Waals surface area contributed by atoms with Gasteiger partial charge >= 0.3 is 5.97 Å². The molecule has 1 aromatic carbocycles. The second-order valence-electron chi connectivity index (χ2n) is 5.99. The first-order chi connectivity index (χ1) is 10.5. The summed E-state index contributed by atoms with van der Waals surface area (Å²) in [7, 11) is -2.09. The van der Waals surface area contributed by atoms with E-state index in [0.717, 1.165) is 24.8 Å². The lowest BCUT2D eigenvalue weighted by molar-refractivity contribution is -0.146.